The van der Waals surface area contributed by atoms with Gasteiger partial charge in [-0.15, -0.1) is 0 Å². The van der Waals surface area contributed by atoms with Crippen LogP contribution in [0.25, 0.3) is 0 Å². The van der Waals surface area contributed by atoms with E-state index in [4.69, 9.17) is 0 Å². The number of esters is 1. The number of ether oxygens (including phenoxy) is 1. The van der Waals surface area contributed by atoms with Gasteiger partial charge in [0.1, 0.15) is 0 Å². The van der Waals surface area contributed by atoms with Crippen LogP contribution in [0.2, 0.25) is 0 Å². The first kappa shape index (κ1) is 15.4. The first-order valence-corrected chi connectivity index (χ1v) is 5.80. The van der Waals surface area contributed by atoms with Crippen molar-refractivity contribution < 1.29 is 29.5 Å². The molecule has 8 nitrogen and oxygen atoms in total. The second-order valence-electron chi connectivity index (χ2n) is 3.94. The third kappa shape index (κ3) is 3.44. The van der Waals surface area contributed by atoms with Gasteiger partial charge in [0.25, 0.3) is 5.78 Å². The Morgan fingerprint density at radius 1 is 1.35 bits per heavy atom. The van der Waals surface area contributed by atoms with Crippen molar-refractivity contribution in [1.82, 2.24) is 0 Å². The third-order valence-corrected chi connectivity index (χ3v) is 2.45. The fraction of sp³-hybridized carbons (Fsp3) is 0.333. The molecule has 1 rings (SSSR count). The minimum atomic E-state index is -1.17. The SMILES string of the molecule is CCCCOC(=O)C(=O)c1cc(O)c(O)c([N+](=O)[O-])c1. The predicted octanol–water partition coefficient (Wildman–Crippen LogP) is 1.53. The van der Waals surface area contributed by atoms with Gasteiger partial charge in [0, 0.05) is 11.6 Å². The van der Waals surface area contributed by atoms with Crippen molar-refractivity contribution >= 4 is 17.4 Å². The van der Waals surface area contributed by atoms with Crippen molar-refractivity contribution in [2.45, 2.75) is 19.8 Å². The molecule has 0 aromatic heterocycles. The Labute approximate surface area is 113 Å². The van der Waals surface area contributed by atoms with Gasteiger partial charge in [-0.05, 0) is 12.5 Å². The highest BCUT2D eigenvalue weighted by molar-refractivity contribution is 6.40. The zero-order valence-electron chi connectivity index (χ0n) is 10.7. The molecule has 0 atom stereocenters. The second-order valence-corrected chi connectivity index (χ2v) is 3.94. The number of phenolic OH excluding ortho intramolecular Hbond substituents is 2. The van der Waals surface area contributed by atoms with Gasteiger partial charge in [0.15, 0.2) is 5.75 Å². The second kappa shape index (κ2) is 6.50. The number of rotatable bonds is 6. The van der Waals surface area contributed by atoms with E-state index in [-0.39, 0.29) is 6.61 Å². The van der Waals surface area contributed by atoms with E-state index in [0.717, 1.165) is 12.5 Å². The molecule has 1 aromatic rings. The molecule has 8 heteroatoms. The molecule has 0 aliphatic heterocycles. The van der Waals surface area contributed by atoms with Crippen LogP contribution in [0.3, 0.4) is 0 Å². The standard InChI is InChI=1S/C12H13NO7/c1-2-3-4-20-12(17)10(15)7-5-8(13(18)19)11(16)9(14)6-7/h5-6,14,16H,2-4H2,1H3. The molecular weight excluding hydrogens is 270 g/mol. The maximum absolute atomic E-state index is 11.7. The molecular formula is C12H13NO7. The Hall–Kier alpha value is -2.64. The predicted molar refractivity (Wildman–Crippen MR) is 66.6 cm³/mol. The fourth-order valence-electron chi connectivity index (χ4n) is 1.37. The van der Waals surface area contributed by atoms with Crippen LogP contribution in [0.5, 0.6) is 11.5 Å². The fourth-order valence-corrected chi connectivity index (χ4v) is 1.37. The maximum atomic E-state index is 11.7. The average molecular weight is 283 g/mol. The number of Topliss-reactive ketones (excluding diaryl/α,β-unsaturated/α-hetero) is 1. The smallest absolute Gasteiger partial charge is 0.379 e. The molecule has 1 aromatic carbocycles. The number of nitro groups is 1. The highest BCUT2D eigenvalue weighted by Gasteiger charge is 2.25. The Kier molecular flexibility index (Phi) is 5.01. The van der Waals surface area contributed by atoms with E-state index in [0.29, 0.717) is 12.5 Å². The van der Waals surface area contributed by atoms with E-state index in [1.165, 1.54) is 0 Å². The molecule has 0 heterocycles. The van der Waals surface area contributed by atoms with Crippen LogP contribution in [-0.4, -0.2) is 33.5 Å². The molecule has 0 radical (unpaired) electrons. The number of benzene rings is 1. The number of unbranched alkanes of at least 4 members (excludes halogenated alkanes) is 1. The number of nitrogens with zero attached hydrogens (tertiary/aromatic N) is 1. The van der Waals surface area contributed by atoms with E-state index in [1.807, 2.05) is 6.92 Å². The lowest BCUT2D eigenvalue weighted by atomic mass is 10.1. The van der Waals surface area contributed by atoms with Gasteiger partial charge in [-0.1, -0.05) is 13.3 Å². The topological polar surface area (TPSA) is 127 Å². The van der Waals surface area contributed by atoms with E-state index < -0.39 is 39.4 Å². The van der Waals surface area contributed by atoms with Crippen LogP contribution in [0.1, 0.15) is 30.1 Å². The molecule has 0 bridgehead atoms. The van der Waals surface area contributed by atoms with E-state index >= 15 is 0 Å². The van der Waals surface area contributed by atoms with E-state index in [2.05, 4.69) is 4.74 Å². The summed E-state index contributed by atoms with van der Waals surface area (Å²) in [5.74, 6) is -4.12. The van der Waals surface area contributed by atoms with Crippen molar-refractivity contribution in [3.63, 3.8) is 0 Å². The van der Waals surface area contributed by atoms with Crippen molar-refractivity contribution in [1.29, 1.82) is 0 Å². The molecule has 0 saturated carbocycles. The molecule has 0 aliphatic rings. The molecule has 0 saturated heterocycles. The zero-order valence-corrected chi connectivity index (χ0v) is 10.7. The number of hydrogen-bond donors (Lipinski definition) is 2. The average Bonchev–Trinajstić information content (AvgIpc) is 2.40. The van der Waals surface area contributed by atoms with Gasteiger partial charge in [-0.2, -0.15) is 0 Å². The van der Waals surface area contributed by atoms with Crippen molar-refractivity contribution in [3.8, 4) is 11.5 Å². The number of nitro benzene ring substituents is 1. The number of hydrogen-bond acceptors (Lipinski definition) is 7. The lowest BCUT2D eigenvalue weighted by Gasteiger charge is -2.05. The van der Waals surface area contributed by atoms with Crippen molar-refractivity contribution in [3.05, 3.63) is 27.8 Å². The molecule has 0 unspecified atom stereocenters. The van der Waals surface area contributed by atoms with Gasteiger partial charge in [0.2, 0.25) is 5.75 Å². The zero-order chi connectivity index (χ0) is 15.3. The van der Waals surface area contributed by atoms with Crippen LogP contribution < -0.4 is 0 Å². The molecule has 0 fully saturated rings. The summed E-state index contributed by atoms with van der Waals surface area (Å²) in [6, 6.07) is 1.48. The van der Waals surface area contributed by atoms with Crippen molar-refractivity contribution in [2.24, 2.45) is 0 Å². The number of carbonyl (C=O) groups is 2. The molecule has 108 valence electrons. The molecule has 0 amide bonds. The summed E-state index contributed by atoms with van der Waals surface area (Å²) in [4.78, 5) is 32.8. The third-order valence-electron chi connectivity index (χ3n) is 2.45. The summed E-state index contributed by atoms with van der Waals surface area (Å²) in [5, 5.41) is 29.2. The molecule has 0 aliphatic carbocycles. The number of phenols is 2. The van der Waals surface area contributed by atoms with Gasteiger partial charge in [-0.25, -0.2) is 4.79 Å². The van der Waals surface area contributed by atoms with E-state index in [1.54, 1.807) is 0 Å². The van der Waals surface area contributed by atoms with Gasteiger partial charge in [-0.3, -0.25) is 14.9 Å². The summed E-state index contributed by atoms with van der Waals surface area (Å²) < 4.78 is 4.67. The number of carbonyl (C=O) groups excluding carboxylic acids is 2. The summed E-state index contributed by atoms with van der Waals surface area (Å²) >= 11 is 0. The summed E-state index contributed by atoms with van der Waals surface area (Å²) in [6.45, 7) is 1.93. The maximum Gasteiger partial charge on any atom is 0.379 e. The lowest BCUT2D eigenvalue weighted by Crippen LogP contribution is -2.18. The number of ketones is 1. The summed E-state index contributed by atoms with van der Waals surface area (Å²) in [5.41, 5.74) is -1.29. The van der Waals surface area contributed by atoms with Gasteiger partial charge in [0.05, 0.1) is 11.5 Å². The summed E-state index contributed by atoms with van der Waals surface area (Å²) in [7, 11) is 0. The van der Waals surface area contributed by atoms with Crippen LogP contribution in [-0.2, 0) is 9.53 Å². The minimum absolute atomic E-state index is 0.0627. The van der Waals surface area contributed by atoms with E-state index in [9.17, 15) is 29.9 Å². The number of aromatic hydroxyl groups is 2. The highest BCUT2D eigenvalue weighted by atomic mass is 16.6. The van der Waals surface area contributed by atoms with Gasteiger partial charge >= 0.3 is 11.7 Å². The minimum Gasteiger partial charge on any atom is -0.504 e. The molecule has 2 N–H and O–H groups in total. The van der Waals surface area contributed by atoms with Crippen LogP contribution in [0, 0.1) is 10.1 Å². The van der Waals surface area contributed by atoms with Gasteiger partial charge < -0.3 is 14.9 Å². The lowest BCUT2D eigenvalue weighted by molar-refractivity contribution is -0.386. The highest BCUT2D eigenvalue weighted by Crippen LogP contribution is 2.36. The normalized spacial score (nSPS) is 10.1. The van der Waals surface area contributed by atoms with Crippen LogP contribution in [0.15, 0.2) is 12.1 Å². The first-order valence-electron chi connectivity index (χ1n) is 5.80. The Morgan fingerprint density at radius 3 is 2.55 bits per heavy atom. The first-order chi connectivity index (χ1) is 9.38. The molecule has 0 spiro atoms. The quantitative estimate of drug-likeness (QED) is 0.154. The Balaban J connectivity index is 2.99. The Bertz CT molecular complexity index is 553. The van der Waals surface area contributed by atoms with Crippen LogP contribution in [0.4, 0.5) is 5.69 Å². The Morgan fingerprint density at radius 2 is 2.00 bits per heavy atom. The largest absolute Gasteiger partial charge is 0.504 e. The van der Waals surface area contributed by atoms with Crippen molar-refractivity contribution in [2.75, 3.05) is 6.61 Å². The summed E-state index contributed by atoms with van der Waals surface area (Å²) in [6.07, 6.45) is 1.35. The monoisotopic (exact) mass is 283 g/mol. The van der Waals surface area contributed by atoms with Crippen LogP contribution >= 0.6 is 0 Å². The molecule has 20 heavy (non-hydrogen) atoms.